The second-order valence-corrected chi connectivity index (χ2v) is 14.3. The normalized spacial score (nSPS) is 11.5. The summed E-state index contributed by atoms with van der Waals surface area (Å²) in [6, 6.07) is 62.3. The molecule has 5 heterocycles. The van der Waals surface area contributed by atoms with E-state index >= 15 is 0 Å². The van der Waals surface area contributed by atoms with E-state index in [1.165, 1.54) is 27.2 Å². The van der Waals surface area contributed by atoms with Gasteiger partial charge in [0.15, 0.2) is 0 Å². The number of aromatic nitrogens is 5. The molecular formula is C52H33N5. The van der Waals surface area contributed by atoms with E-state index in [1.807, 2.05) is 36.7 Å². The van der Waals surface area contributed by atoms with Crippen molar-refractivity contribution >= 4 is 43.5 Å². The first-order valence-electron chi connectivity index (χ1n) is 19.1. The third-order valence-electron chi connectivity index (χ3n) is 10.9. The molecule has 6 aromatic carbocycles. The Balaban J connectivity index is 1.08. The predicted molar refractivity (Wildman–Crippen MR) is 234 cm³/mol. The lowest BCUT2D eigenvalue weighted by Gasteiger charge is -2.14. The van der Waals surface area contributed by atoms with Crippen molar-refractivity contribution in [1.29, 1.82) is 0 Å². The number of hydrogen-bond donors (Lipinski definition) is 0. The van der Waals surface area contributed by atoms with Crippen molar-refractivity contribution in [3.05, 3.63) is 201 Å². The lowest BCUT2D eigenvalue weighted by atomic mass is 9.93. The highest BCUT2D eigenvalue weighted by molar-refractivity contribution is 6.29. The van der Waals surface area contributed by atoms with Crippen molar-refractivity contribution in [1.82, 2.24) is 24.5 Å². The average molecular weight is 728 g/mol. The maximum Gasteiger partial charge on any atom is 0.0788 e. The lowest BCUT2D eigenvalue weighted by molar-refractivity contribution is 1.18. The van der Waals surface area contributed by atoms with Gasteiger partial charge in [0.1, 0.15) is 0 Å². The Labute approximate surface area is 329 Å². The molecule has 0 aliphatic carbocycles. The highest BCUT2D eigenvalue weighted by Gasteiger charge is 2.20. The zero-order chi connectivity index (χ0) is 37.7. The maximum atomic E-state index is 5.38. The van der Waals surface area contributed by atoms with Crippen LogP contribution in [0.5, 0.6) is 0 Å². The van der Waals surface area contributed by atoms with E-state index in [2.05, 4.69) is 166 Å². The molecule has 0 aliphatic heterocycles. The van der Waals surface area contributed by atoms with Crippen LogP contribution < -0.4 is 0 Å². The zero-order valence-corrected chi connectivity index (χ0v) is 30.8. The molecule has 0 amide bonds. The SMILES string of the molecule is c1ccc(-n2c3ccccc3c3c4c(ccc32)c(-c2cccc(-c3cccc(-c5cc(-c6cccnc6)nc(-c6cccnc6)c5)c3)c2)nc2ccccc24)cc1. The molecule has 0 unspecified atom stereocenters. The first kappa shape index (κ1) is 32.7. The van der Waals surface area contributed by atoms with E-state index < -0.39 is 0 Å². The highest BCUT2D eigenvalue weighted by Crippen LogP contribution is 2.43. The van der Waals surface area contributed by atoms with Crippen molar-refractivity contribution < 1.29 is 0 Å². The van der Waals surface area contributed by atoms with E-state index in [4.69, 9.17) is 9.97 Å². The molecule has 0 radical (unpaired) electrons. The van der Waals surface area contributed by atoms with Gasteiger partial charge in [0, 0.05) is 74.1 Å². The summed E-state index contributed by atoms with van der Waals surface area (Å²) in [6.07, 6.45) is 7.29. The topological polar surface area (TPSA) is 56.5 Å². The van der Waals surface area contributed by atoms with Crippen molar-refractivity contribution in [2.45, 2.75) is 0 Å². The van der Waals surface area contributed by atoms with Gasteiger partial charge in [0.2, 0.25) is 0 Å². The largest absolute Gasteiger partial charge is 0.309 e. The van der Waals surface area contributed by atoms with E-state index in [-0.39, 0.29) is 0 Å². The molecule has 0 saturated carbocycles. The molecule has 5 heteroatoms. The van der Waals surface area contributed by atoms with Gasteiger partial charge in [-0.3, -0.25) is 9.97 Å². The van der Waals surface area contributed by atoms with Gasteiger partial charge in [-0.25, -0.2) is 9.97 Å². The van der Waals surface area contributed by atoms with Gasteiger partial charge >= 0.3 is 0 Å². The fourth-order valence-corrected chi connectivity index (χ4v) is 8.32. The van der Waals surface area contributed by atoms with Crippen molar-refractivity contribution in [2.24, 2.45) is 0 Å². The minimum atomic E-state index is 0.863. The van der Waals surface area contributed by atoms with Crippen LogP contribution in [0.4, 0.5) is 0 Å². The number of pyridine rings is 4. The molecule has 0 saturated heterocycles. The van der Waals surface area contributed by atoms with Gasteiger partial charge in [-0.05, 0) is 101 Å². The summed E-state index contributed by atoms with van der Waals surface area (Å²) in [5.74, 6) is 0. The van der Waals surface area contributed by atoms with E-state index in [0.717, 1.165) is 78.0 Å². The number of hydrogen-bond acceptors (Lipinski definition) is 4. The summed E-state index contributed by atoms with van der Waals surface area (Å²) in [5, 5.41) is 5.97. The third-order valence-corrected chi connectivity index (χ3v) is 10.9. The Bertz CT molecular complexity index is 3220. The quantitative estimate of drug-likeness (QED) is 0.160. The van der Waals surface area contributed by atoms with Crippen molar-refractivity contribution in [2.75, 3.05) is 0 Å². The summed E-state index contributed by atoms with van der Waals surface area (Å²) >= 11 is 0. The summed E-state index contributed by atoms with van der Waals surface area (Å²) in [4.78, 5) is 19.2. The Morgan fingerprint density at radius 1 is 0.351 bits per heavy atom. The van der Waals surface area contributed by atoms with Crippen LogP contribution in [-0.2, 0) is 0 Å². The summed E-state index contributed by atoms with van der Waals surface area (Å²) < 4.78 is 2.38. The zero-order valence-electron chi connectivity index (χ0n) is 30.8. The second kappa shape index (κ2) is 13.5. The number of rotatable bonds is 6. The van der Waals surface area contributed by atoms with Crippen molar-refractivity contribution in [3.8, 4) is 61.7 Å². The lowest BCUT2D eigenvalue weighted by Crippen LogP contribution is -1.94. The smallest absolute Gasteiger partial charge is 0.0788 e. The number of para-hydroxylation sites is 3. The fourth-order valence-electron chi connectivity index (χ4n) is 8.32. The molecule has 0 aliphatic rings. The molecule has 0 atom stereocenters. The van der Waals surface area contributed by atoms with Crippen LogP contribution >= 0.6 is 0 Å². The van der Waals surface area contributed by atoms with Crippen LogP contribution in [0, 0.1) is 0 Å². The number of benzene rings is 6. The Kier molecular flexibility index (Phi) is 7.74. The van der Waals surface area contributed by atoms with Crippen LogP contribution in [0.3, 0.4) is 0 Å². The Morgan fingerprint density at radius 3 is 1.65 bits per heavy atom. The molecule has 266 valence electrons. The van der Waals surface area contributed by atoms with Gasteiger partial charge in [-0.1, -0.05) is 97.1 Å². The minimum absolute atomic E-state index is 0.863. The minimum Gasteiger partial charge on any atom is -0.309 e. The summed E-state index contributed by atoms with van der Waals surface area (Å²) in [6.45, 7) is 0. The predicted octanol–water partition coefficient (Wildman–Crippen LogP) is 13.0. The average Bonchev–Trinajstić information content (AvgIpc) is 3.64. The molecule has 0 fully saturated rings. The first-order chi connectivity index (χ1) is 28.3. The Morgan fingerprint density at radius 2 is 0.947 bits per heavy atom. The van der Waals surface area contributed by atoms with Gasteiger partial charge in [0.05, 0.1) is 33.6 Å². The van der Waals surface area contributed by atoms with Crippen LogP contribution in [0.2, 0.25) is 0 Å². The van der Waals surface area contributed by atoms with E-state index in [1.54, 1.807) is 12.4 Å². The van der Waals surface area contributed by atoms with Crippen LogP contribution in [0.25, 0.3) is 105 Å². The maximum absolute atomic E-state index is 5.38. The second-order valence-electron chi connectivity index (χ2n) is 14.3. The van der Waals surface area contributed by atoms with Crippen LogP contribution in [0.15, 0.2) is 201 Å². The summed E-state index contributed by atoms with van der Waals surface area (Å²) in [5.41, 5.74) is 14.6. The van der Waals surface area contributed by atoms with Crippen LogP contribution in [-0.4, -0.2) is 24.5 Å². The molecule has 11 rings (SSSR count). The monoisotopic (exact) mass is 727 g/mol. The standard InChI is InChI=1S/C52H33N5/c1-2-18-41(19-3-1)57-48-23-7-5-21-43(48)51-49(57)25-24-44-50(51)42-20-4-6-22-45(42)56-52(44)37-15-9-13-35(29-37)34-12-8-14-36(28-34)40-30-46(38-16-10-26-53-32-38)55-47(31-40)39-17-11-27-54-33-39/h1-33H. The third kappa shape index (κ3) is 5.64. The Hall–Kier alpha value is -7.76. The molecule has 0 spiro atoms. The molecular weight excluding hydrogens is 695 g/mol. The number of nitrogens with zero attached hydrogens (tertiary/aromatic N) is 5. The molecule has 0 bridgehead atoms. The molecule has 0 N–H and O–H groups in total. The molecule has 5 nitrogen and oxygen atoms in total. The molecule has 11 aromatic rings. The van der Waals surface area contributed by atoms with Crippen molar-refractivity contribution in [3.63, 3.8) is 0 Å². The molecule has 57 heavy (non-hydrogen) atoms. The molecule has 5 aromatic heterocycles. The van der Waals surface area contributed by atoms with Gasteiger partial charge in [-0.15, -0.1) is 0 Å². The van der Waals surface area contributed by atoms with E-state index in [9.17, 15) is 0 Å². The van der Waals surface area contributed by atoms with Crippen LogP contribution in [0.1, 0.15) is 0 Å². The highest BCUT2D eigenvalue weighted by atomic mass is 15.0. The summed E-state index contributed by atoms with van der Waals surface area (Å²) in [7, 11) is 0. The van der Waals surface area contributed by atoms with Gasteiger partial charge in [-0.2, -0.15) is 0 Å². The first-order valence-corrected chi connectivity index (χ1v) is 19.1. The van der Waals surface area contributed by atoms with E-state index in [0.29, 0.717) is 0 Å². The fraction of sp³-hybridized carbons (Fsp3) is 0. The van der Waals surface area contributed by atoms with Gasteiger partial charge < -0.3 is 4.57 Å². The number of fused-ring (bicyclic) bond motifs is 7. The van der Waals surface area contributed by atoms with Gasteiger partial charge in [0.25, 0.3) is 0 Å².